The summed E-state index contributed by atoms with van der Waals surface area (Å²) < 4.78 is 8.10. The Morgan fingerprint density at radius 2 is 1.96 bits per heavy atom. The van der Waals surface area contributed by atoms with Crippen LogP contribution >= 0.6 is 0 Å². The summed E-state index contributed by atoms with van der Waals surface area (Å²) in [7, 11) is 1.99. The normalized spacial score (nSPS) is 13.1. The van der Waals surface area contributed by atoms with Gasteiger partial charge in [-0.05, 0) is 37.0 Å². The smallest absolute Gasteiger partial charge is 0.134 e. The van der Waals surface area contributed by atoms with Gasteiger partial charge in [0.25, 0.3) is 0 Å². The number of nitrogens with one attached hydrogen (secondary N) is 1. The minimum atomic E-state index is 0.177. The molecule has 0 aliphatic rings. The zero-order chi connectivity index (χ0) is 16.6. The van der Waals surface area contributed by atoms with E-state index >= 15 is 0 Å². The van der Waals surface area contributed by atoms with Gasteiger partial charge in [0.05, 0.1) is 17.9 Å². The lowest BCUT2D eigenvalue weighted by molar-refractivity contribution is 0.343. The van der Waals surface area contributed by atoms with E-state index in [1.165, 1.54) is 22.2 Å². The molecule has 2 heterocycles. The third kappa shape index (κ3) is 2.91. The van der Waals surface area contributed by atoms with Crippen molar-refractivity contribution in [1.82, 2.24) is 15.1 Å². The van der Waals surface area contributed by atoms with Crippen molar-refractivity contribution in [2.75, 3.05) is 0 Å². The van der Waals surface area contributed by atoms with E-state index < -0.39 is 0 Å². The molecule has 0 aliphatic heterocycles. The predicted molar refractivity (Wildman–Crippen MR) is 93.3 cm³/mol. The summed E-state index contributed by atoms with van der Waals surface area (Å²) in [5.74, 6) is 1.48. The van der Waals surface area contributed by atoms with Crippen molar-refractivity contribution in [3.8, 4) is 0 Å². The molecule has 0 saturated heterocycles. The van der Waals surface area contributed by atoms with Gasteiger partial charge in [-0.1, -0.05) is 32.0 Å². The SMILES string of the molecule is Cc1cnn(C)c1CNC(c1oc2ccccc2c1C)C(C)C. The highest BCUT2D eigenvalue weighted by Crippen LogP contribution is 2.32. The highest BCUT2D eigenvalue weighted by atomic mass is 16.3. The van der Waals surface area contributed by atoms with Crippen LogP contribution in [0.15, 0.2) is 34.9 Å². The molecule has 1 aromatic carbocycles. The standard InChI is InChI=1S/C19H25N3O/c1-12(2)18(20-11-16-13(3)10-21-22(16)5)19-14(4)15-8-6-7-9-17(15)23-19/h6-10,12,18,20H,11H2,1-5H3. The first-order valence-electron chi connectivity index (χ1n) is 8.18. The molecule has 1 unspecified atom stereocenters. The van der Waals surface area contributed by atoms with Crippen LogP contribution in [-0.4, -0.2) is 9.78 Å². The van der Waals surface area contributed by atoms with Crippen molar-refractivity contribution in [3.63, 3.8) is 0 Å². The summed E-state index contributed by atoms with van der Waals surface area (Å²) in [4.78, 5) is 0. The maximum Gasteiger partial charge on any atom is 0.134 e. The third-order valence-corrected chi connectivity index (χ3v) is 4.59. The van der Waals surface area contributed by atoms with Crippen LogP contribution in [0, 0.1) is 19.8 Å². The van der Waals surface area contributed by atoms with E-state index in [1.807, 2.05) is 30.1 Å². The van der Waals surface area contributed by atoms with Crippen LogP contribution in [-0.2, 0) is 13.6 Å². The Hall–Kier alpha value is -2.07. The average molecular weight is 311 g/mol. The van der Waals surface area contributed by atoms with Gasteiger partial charge in [-0.25, -0.2) is 0 Å². The van der Waals surface area contributed by atoms with E-state index in [0.29, 0.717) is 5.92 Å². The Balaban J connectivity index is 1.90. The second-order valence-corrected chi connectivity index (χ2v) is 6.59. The predicted octanol–water partition coefficient (Wildman–Crippen LogP) is 4.27. The number of para-hydroxylation sites is 1. The van der Waals surface area contributed by atoms with Crippen molar-refractivity contribution < 1.29 is 4.42 Å². The van der Waals surface area contributed by atoms with Crippen LogP contribution in [0.3, 0.4) is 0 Å². The molecule has 0 radical (unpaired) electrons. The molecule has 1 N–H and O–H groups in total. The molecule has 4 heteroatoms. The molecule has 1 atom stereocenters. The van der Waals surface area contributed by atoms with E-state index in [1.54, 1.807) is 0 Å². The Morgan fingerprint density at radius 3 is 2.57 bits per heavy atom. The minimum Gasteiger partial charge on any atom is -0.459 e. The summed E-state index contributed by atoms with van der Waals surface area (Å²) in [6.07, 6.45) is 1.91. The van der Waals surface area contributed by atoms with E-state index in [-0.39, 0.29) is 6.04 Å². The fourth-order valence-electron chi connectivity index (χ4n) is 3.15. The molecular weight excluding hydrogens is 286 g/mol. The number of benzene rings is 1. The monoisotopic (exact) mass is 311 g/mol. The number of fused-ring (bicyclic) bond motifs is 1. The Labute approximate surface area is 137 Å². The number of nitrogens with zero attached hydrogens (tertiary/aromatic N) is 2. The first kappa shape index (κ1) is 15.8. The van der Waals surface area contributed by atoms with Crippen LogP contribution in [0.2, 0.25) is 0 Å². The molecule has 122 valence electrons. The van der Waals surface area contributed by atoms with Gasteiger partial charge in [-0.2, -0.15) is 5.10 Å². The zero-order valence-corrected chi connectivity index (χ0v) is 14.6. The number of furan rings is 1. The van der Waals surface area contributed by atoms with Crippen molar-refractivity contribution in [2.24, 2.45) is 13.0 Å². The maximum atomic E-state index is 6.17. The van der Waals surface area contributed by atoms with Gasteiger partial charge in [0.2, 0.25) is 0 Å². The van der Waals surface area contributed by atoms with Gasteiger partial charge < -0.3 is 9.73 Å². The van der Waals surface area contributed by atoms with Gasteiger partial charge in [0, 0.05) is 19.0 Å². The van der Waals surface area contributed by atoms with Crippen molar-refractivity contribution in [1.29, 1.82) is 0 Å². The van der Waals surface area contributed by atoms with Gasteiger partial charge in [-0.3, -0.25) is 4.68 Å². The average Bonchev–Trinajstić information content (AvgIpc) is 3.02. The van der Waals surface area contributed by atoms with Crippen LogP contribution < -0.4 is 5.32 Å². The van der Waals surface area contributed by atoms with E-state index in [0.717, 1.165) is 17.9 Å². The van der Waals surface area contributed by atoms with E-state index in [4.69, 9.17) is 4.42 Å². The van der Waals surface area contributed by atoms with Gasteiger partial charge in [0.1, 0.15) is 11.3 Å². The second kappa shape index (κ2) is 6.20. The molecule has 2 aromatic heterocycles. The summed E-state index contributed by atoms with van der Waals surface area (Å²) in [6, 6.07) is 8.42. The van der Waals surface area contributed by atoms with Gasteiger partial charge in [0.15, 0.2) is 0 Å². The molecule has 3 aromatic rings. The number of rotatable bonds is 5. The fraction of sp³-hybridized carbons (Fsp3) is 0.421. The van der Waals surface area contributed by atoms with Gasteiger partial charge in [-0.15, -0.1) is 0 Å². The van der Waals surface area contributed by atoms with Crippen LogP contribution in [0.5, 0.6) is 0 Å². The number of aryl methyl sites for hydroxylation is 3. The largest absolute Gasteiger partial charge is 0.459 e. The Bertz CT molecular complexity index is 794. The first-order valence-corrected chi connectivity index (χ1v) is 8.18. The van der Waals surface area contributed by atoms with Crippen LogP contribution in [0.25, 0.3) is 11.0 Å². The fourth-order valence-corrected chi connectivity index (χ4v) is 3.15. The topological polar surface area (TPSA) is 43.0 Å². The van der Waals surface area contributed by atoms with Crippen molar-refractivity contribution in [3.05, 3.63) is 53.0 Å². The summed E-state index contributed by atoms with van der Waals surface area (Å²) in [5.41, 5.74) is 4.62. The lowest BCUT2D eigenvalue weighted by Crippen LogP contribution is -2.26. The molecular formula is C19H25N3O. The van der Waals surface area contributed by atoms with Crippen LogP contribution in [0.1, 0.15) is 42.5 Å². The third-order valence-electron chi connectivity index (χ3n) is 4.59. The minimum absolute atomic E-state index is 0.177. The number of aromatic nitrogens is 2. The molecule has 0 bridgehead atoms. The van der Waals surface area contributed by atoms with Crippen LogP contribution in [0.4, 0.5) is 0 Å². The molecule has 0 amide bonds. The number of hydrogen-bond acceptors (Lipinski definition) is 3. The van der Waals surface area contributed by atoms with Crippen molar-refractivity contribution >= 4 is 11.0 Å². The lowest BCUT2D eigenvalue weighted by Gasteiger charge is -2.21. The highest BCUT2D eigenvalue weighted by molar-refractivity contribution is 5.82. The summed E-state index contributed by atoms with van der Waals surface area (Å²) in [5, 5.41) is 9.18. The first-order chi connectivity index (χ1) is 11.0. The second-order valence-electron chi connectivity index (χ2n) is 6.59. The molecule has 4 nitrogen and oxygen atoms in total. The molecule has 3 rings (SSSR count). The van der Waals surface area contributed by atoms with Crippen molar-refractivity contribution in [2.45, 2.75) is 40.3 Å². The molecule has 23 heavy (non-hydrogen) atoms. The van der Waals surface area contributed by atoms with E-state index in [9.17, 15) is 0 Å². The molecule has 0 aliphatic carbocycles. The van der Waals surface area contributed by atoms with Gasteiger partial charge >= 0.3 is 0 Å². The number of hydrogen-bond donors (Lipinski definition) is 1. The molecule has 0 saturated carbocycles. The Morgan fingerprint density at radius 1 is 1.22 bits per heavy atom. The lowest BCUT2D eigenvalue weighted by atomic mass is 9.98. The quantitative estimate of drug-likeness (QED) is 0.765. The summed E-state index contributed by atoms with van der Waals surface area (Å²) >= 11 is 0. The maximum absolute atomic E-state index is 6.17. The highest BCUT2D eigenvalue weighted by Gasteiger charge is 2.23. The molecule has 0 spiro atoms. The Kier molecular flexibility index (Phi) is 4.26. The molecule has 0 fully saturated rings. The van der Waals surface area contributed by atoms with E-state index in [2.05, 4.69) is 50.2 Å². The summed E-state index contributed by atoms with van der Waals surface area (Å²) in [6.45, 7) is 9.47. The zero-order valence-electron chi connectivity index (χ0n) is 14.6.